The molecule has 0 aromatic heterocycles. The first-order chi connectivity index (χ1) is 12.1. The molecule has 5 heteroatoms. The Labute approximate surface area is 156 Å². The Balaban J connectivity index is 1.64. The number of hydrogen-bond acceptors (Lipinski definition) is 2. The highest BCUT2D eigenvalue weighted by atomic mass is 35.5. The fourth-order valence-electron chi connectivity index (χ4n) is 2.85. The molecule has 2 aromatic carbocycles. The molecule has 25 heavy (non-hydrogen) atoms. The molecule has 0 unspecified atom stereocenters. The zero-order chi connectivity index (χ0) is 17.6. The highest BCUT2D eigenvalue weighted by molar-refractivity contribution is 7.99. The van der Waals surface area contributed by atoms with Crippen molar-refractivity contribution in [3.63, 3.8) is 0 Å². The van der Waals surface area contributed by atoms with Crippen LogP contribution in [-0.2, 0) is 4.79 Å². The second-order valence-corrected chi connectivity index (χ2v) is 7.57. The molecule has 2 aromatic rings. The highest BCUT2D eigenvalue weighted by Gasteiger charge is 2.22. The lowest BCUT2D eigenvalue weighted by atomic mass is 10.1. The van der Waals surface area contributed by atoms with Crippen LogP contribution >= 0.6 is 23.4 Å². The molecular weight excluding hydrogens is 357 g/mol. The summed E-state index contributed by atoms with van der Waals surface area (Å²) in [5, 5.41) is 0.712. The average molecular weight is 376 g/mol. The molecule has 0 aliphatic carbocycles. The van der Waals surface area contributed by atoms with Crippen LogP contribution in [0.2, 0.25) is 5.02 Å². The van der Waals surface area contributed by atoms with Crippen molar-refractivity contribution in [3.05, 3.63) is 76.6 Å². The summed E-state index contributed by atoms with van der Waals surface area (Å²) in [7, 11) is 0. The van der Waals surface area contributed by atoms with Gasteiger partial charge in [-0.3, -0.25) is 4.79 Å². The standard InChI is InChI=1S/C20H19ClFNOS/c21-17-7-3-1-5-15(17)9-10-20(24)23-12-11-19(25-14-13-23)16-6-2-4-8-18(16)22/h1-10,19H,11-14H2/b10-9+/t19-/m1/s1. The lowest BCUT2D eigenvalue weighted by Crippen LogP contribution is -2.31. The van der Waals surface area contributed by atoms with E-state index in [1.54, 1.807) is 36.0 Å². The van der Waals surface area contributed by atoms with Gasteiger partial charge in [0.05, 0.1) is 0 Å². The van der Waals surface area contributed by atoms with Crippen LogP contribution in [0.25, 0.3) is 6.08 Å². The van der Waals surface area contributed by atoms with Gasteiger partial charge >= 0.3 is 0 Å². The van der Waals surface area contributed by atoms with Crippen LogP contribution in [0.4, 0.5) is 4.39 Å². The van der Waals surface area contributed by atoms with Gasteiger partial charge in [-0.1, -0.05) is 48.0 Å². The molecule has 1 aliphatic heterocycles. The molecule has 0 saturated carbocycles. The Morgan fingerprint density at radius 1 is 1.16 bits per heavy atom. The SMILES string of the molecule is O=C(/C=C/c1ccccc1Cl)N1CCS[C@@H](c2ccccc2F)CC1. The zero-order valence-corrected chi connectivity index (χ0v) is 15.3. The van der Waals surface area contributed by atoms with E-state index in [9.17, 15) is 9.18 Å². The van der Waals surface area contributed by atoms with Crippen molar-refractivity contribution in [2.24, 2.45) is 0 Å². The van der Waals surface area contributed by atoms with Gasteiger partial charge in [-0.05, 0) is 30.2 Å². The summed E-state index contributed by atoms with van der Waals surface area (Å²) >= 11 is 7.82. The number of carbonyl (C=O) groups is 1. The van der Waals surface area contributed by atoms with Gasteiger partial charge < -0.3 is 4.90 Å². The van der Waals surface area contributed by atoms with Crippen LogP contribution in [0.5, 0.6) is 0 Å². The molecule has 3 rings (SSSR count). The topological polar surface area (TPSA) is 20.3 Å². The van der Waals surface area contributed by atoms with Crippen molar-refractivity contribution in [1.82, 2.24) is 4.90 Å². The van der Waals surface area contributed by atoms with Gasteiger partial charge in [0.25, 0.3) is 0 Å². The molecule has 1 fully saturated rings. The summed E-state index contributed by atoms with van der Waals surface area (Å²) < 4.78 is 14.0. The Morgan fingerprint density at radius 3 is 2.72 bits per heavy atom. The van der Waals surface area contributed by atoms with E-state index in [2.05, 4.69) is 0 Å². The molecule has 0 bridgehead atoms. The molecule has 0 spiro atoms. The Hall–Kier alpha value is -1.78. The number of carbonyl (C=O) groups excluding carboxylic acids is 1. The smallest absolute Gasteiger partial charge is 0.246 e. The summed E-state index contributed by atoms with van der Waals surface area (Å²) in [5.74, 6) is 0.595. The molecule has 1 atom stereocenters. The van der Waals surface area contributed by atoms with Gasteiger partial charge in [0, 0.05) is 40.8 Å². The molecule has 1 aliphatic rings. The summed E-state index contributed by atoms with van der Waals surface area (Å²) in [6.07, 6.45) is 4.06. The fourth-order valence-corrected chi connectivity index (χ4v) is 4.30. The molecule has 130 valence electrons. The van der Waals surface area contributed by atoms with Gasteiger partial charge in [0.1, 0.15) is 5.82 Å². The van der Waals surface area contributed by atoms with Crippen molar-refractivity contribution in [1.29, 1.82) is 0 Å². The van der Waals surface area contributed by atoms with E-state index in [-0.39, 0.29) is 17.0 Å². The van der Waals surface area contributed by atoms with Crippen molar-refractivity contribution in [3.8, 4) is 0 Å². The minimum Gasteiger partial charge on any atom is -0.338 e. The maximum absolute atomic E-state index is 14.0. The van der Waals surface area contributed by atoms with Gasteiger partial charge in [0.15, 0.2) is 0 Å². The molecule has 0 radical (unpaired) electrons. The van der Waals surface area contributed by atoms with Gasteiger partial charge in [-0.15, -0.1) is 0 Å². The molecule has 0 N–H and O–H groups in total. The van der Waals surface area contributed by atoms with Crippen LogP contribution < -0.4 is 0 Å². The second kappa shape index (κ2) is 8.54. The Kier molecular flexibility index (Phi) is 6.16. The van der Waals surface area contributed by atoms with Crippen molar-refractivity contribution >= 4 is 35.3 Å². The lowest BCUT2D eigenvalue weighted by Gasteiger charge is -2.18. The van der Waals surface area contributed by atoms with Crippen LogP contribution in [0.3, 0.4) is 0 Å². The summed E-state index contributed by atoms with van der Waals surface area (Å²) in [6.45, 7) is 1.29. The van der Waals surface area contributed by atoms with E-state index >= 15 is 0 Å². The van der Waals surface area contributed by atoms with E-state index in [1.807, 2.05) is 35.2 Å². The van der Waals surface area contributed by atoms with E-state index in [4.69, 9.17) is 11.6 Å². The first-order valence-electron chi connectivity index (χ1n) is 8.22. The van der Waals surface area contributed by atoms with Crippen molar-refractivity contribution in [2.75, 3.05) is 18.8 Å². The van der Waals surface area contributed by atoms with Crippen LogP contribution in [-0.4, -0.2) is 29.6 Å². The van der Waals surface area contributed by atoms with E-state index < -0.39 is 0 Å². The van der Waals surface area contributed by atoms with Crippen molar-refractivity contribution < 1.29 is 9.18 Å². The second-order valence-electron chi connectivity index (χ2n) is 5.85. The Bertz CT molecular complexity index is 780. The maximum Gasteiger partial charge on any atom is 0.246 e. The van der Waals surface area contributed by atoms with Gasteiger partial charge in [-0.25, -0.2) is 4.39 Å². The third kappa shape index (κ3) is 4.65. The van der Waals surface area contributed by atoms with Crippen molar-refractivity contribution in [2.45, 2.75) is 11.7 Å². The summed E-state index contributed by atoms with van der Waals surface area (Å²) in [6, 6.07) is 14.3. The number of amides is 1. The highest BCUT2D eigenvalue weighted by Crippen LogP contribution is 2.35. The first kappa shape index (κ1) is 18.0. The average Bonchev–Trinajstić information content (AvgIpc) is 2.87. The third-order valence-electron chi connectivity index (χ3n) is 4.22. The Morgan fingerprint density at radius 2 is 1.92 bits per heavy atom. The van der Waals surface area contributed by atoms with Gasteiger partial charge in [0.2, 0.25) is 5.91 Å². The summed E-state index contributed by atoms with van der Waals surface area (Å²) in [4.78, 5) is 14.3. The lowest BCUT2D eigenvalue weighted by molar-refractivity contribution is -0.125. The first-order valence-corrected chi connectivity index (χ1v) is 9.65. The molecule has 1 amide bonds. The van der Waals surface area contributed by atoms with E-state index in [0.29, 0.717) is 18.1 Å². The number of rotatable bonds is 3. The number of thioether (sulfide) groups is 1. The number of halogens is 2. The largest absolute Gasteiger partial charge is 0.338 e. The molecule has 1 heterocycles. The van der Waals surface area contributed by atoms with Gasteiger partial charge in [-0.2, -0.15) is 11.8 Å². The van der Waals surface area contributed by atoms with E-state index in [1.165, 1.54) is 6.07 Å². The molecule has 1 saturated heterocycles. The number of benzene rings is 2. The van der Waals surface area contributed by atoms with E-state index in [0.717, 1.165) is 23.3 Å². The summed E-state index contributed by atoms with van der Waals surface area (Å²) in [5.41, 5.74) is 1.55. The van der Waals surface area contributed by atoms with Crippen LogP contribution in [0.15, 0.2) is 54.6 Å². The minimum absolute atomic E-state index is 0.0327. The monoisotopic (exact) mass is 375 g/mol. The van der Waals surface area contributed by atoms with Crippen LogP contribution in [0.1, 0.15) is 22.8 Å². The molecule has 2 nitrogen and oxygen atoms in total. The zero-order valence-electron chi connectivity index (χ0n) is 13.7. The van der Waals surface area contributed by atoms with Crippen LogP contribution in [0, 0.1) is 5.82 Å². The normalized spacial score (nSPS) is 18.3. The fraction of sp³-hybridized carbons (Fsp3) is 0.250. The molecular formula is C20H19ClFNOS. The third-order valence-corrected chi connectivity index (χ3v) is 5.87. The quantitative estimate of drug-likeness (QED) is 0.687. The minimum atomic E-state index is -0.168. The predicted molar refractivity (Wildman–Crippen MR) is 103 cm³/mol. The maximum atomic E-state index is 14.0. The predicted octanol–water partition coefficient (Wildman–Crippen LogP) is 5.20. The number of nitrogens with zero attached hydrogens (tertiary/aromatic N) is 1. The number of hydrogen-bond donors (Lipinski definition) is 0.